The van der Waals surface area contributed by atoms with Gasteiger partial charge in [0.2, 0.25) is 0 Å². The molecule has 2 aromatic heterocycles. The average Bonchev–Trinajstić information content (AvgIpc) is 2.83. The summed E-state index contributed by atoms with van der Waals surface area (Å²) in [5.41, 5.74) is 8.94. The Bertz CT molecular complexity index is 478. The summed E-state index contributed by atoms with van der Waals surface area (Å²) in [7, 11) is 1.92. The standard InChI is InChI=1S/C9H12BrN5S/c1-5-9(10)8(15(2)13-5)3-6(11)7-4-16-14-12-7/h4,6H,3,11H2,1-2H3. The van der Waals surface area contributed by atoms with E-state index in [-0.39, 0.29) is 6.04 Å². The molecule has 0 aliphatic rings. The molecule has 0 radical (unpaired) electrons. The highest BCUT2D eigenvalue weighted by Crippen LogP contribution is 2.24. The van der Waals surface area contributed by atoms with Crippen molar-refractivity contribution in [1.82, 2.24) is 19.4 Å². The molecule has 0 bridgehead atoms. The van der Waals surface area contributed by atoms with Gasteiger partial charge in [-0.15, -0.1) is 5.10 Å². The molecule has 16 heavy (non-hydrogen) atoms. The van der Waals surface area contributed by atoms with E-state index in [1.165, 1.54) is 11.5 Å². The molecule has 1 unspecified atom stereocenters. The highest BCUT2D eigenvalue weighted by molar-refractivity contribution is 9.10. The number of aromatic nitrogens is 4. The zero-order valence-electron chi connectivity index (χ0n) is 9.01. The van der Waals surface area contributed by atoms with Gasteiger partial charge in [-0.1, -0.05) is 4.49 Å². The fourth-order valence-electron chi connectivity index (χ4n) is 1.55. The molecule has 0 saturated carbocycles. The van der Waals surface area contributed by atoms with Gasteiger partial charge in [-0.3, -0.25) is 4.68 Å². The predicted octanol–water partition coefficient (Wildman–Crippen LogP) is 1.59. The van der Waals surface area contributed by atoms with E-state index in [1.807, 2.05) is 24.0 Å². The second-order valence-corrected chi connectivity index (χ2v) is 5.01. The maximum atomic E-state index is 6.06. The smallest absolute Gasteiger partial charge is 0.0926 e. The Morgan fingerprint density at radius 3 is 2.88 bits per heavy atom. The Morgan fingerprint density at radius 1 is 1.62 bits per heavy atom. The molecule has 86 valence electrons. The van der Waals surface area contributed by atoms with Crippen LogP contribution in [0, 0.1) is 6.92 Å². The molecule has 0 aliphatic heterocycles. The number of rotatable bonds is 3. The molecular weight excluding hydrogens is 290 g/mol. The molecule has 2 N–H and O–H groups in total. The molecule has 0 aromatic carbocycles. The lowest BCUT2D eigenvalue weighted by molar-refractivity contribution is 0.626. The second kappa shape index (κ2) is 4.60. The number of nitrogens with two attached hydrogens (primary N) is 1. The SMILES string of the molecule is Cc1nn(C)c(CC(N)c2csnn2)c1Br. The van der Waals surface area contributed by atoms with Gasteiger partial charge in [0.05, 0.1) is 27.6 Å². The van der Waals surface area contributed by atoms with Gasteiger partial charge in [0.25, 0.3) is 0 Å². The Hall–Kier alpha value is -0.790. The zero-order valence-corrected chi connectivity index (χ0v) is 11.4. The second-order valence-electron chi connectivity index (χ2n) is 3.61. The summed E-state index contributed by atoms with van der Waals surface area (Å²) in [5, 5.41) is 10.2. The van der Waals surface area contributed by atoms with Crippen molar-refractivity contribution in [3.8, 4) is 0 Å². The molecule has 0 saturated heterocycles. The van der Waals surface area contributed by atoms with Crippen LogP contribution in [0.5, 0.6) is 0 Å². The zero-order chi connectivity index (χ0) is 11.7. The molecule has 0 amide bonds. The Kier molecular flexibility index (Phi) is 3.36. The highest BCUT2D eigenvalue weighted by Gasteiger charge is 2.16. The molecule has 1 atom stereocenters. The minimum Gasteiger partial charge on any atom is -0.322 e. The van der Waals surface area contributed by atoms with Gasteiger partial charge in [-0.05, 0) is 34.4 Å². The molecule has 0 fully saturated rings. The van der Waals surface area contributed by atoms with Crippen LogP contribution in [-0.4, -0.2) is 19.4 Å². The van der Waals surface area contributed by atoms with Gasteiger partial charge >= 0.3 is 0 Å². The molecule has 2 aromatic rings. The first kappa shape index (κ1) is 11.7. The van der Waals surface area contributed by atoms with E-state index in [0.29, 0.717) is 6.42 Å². The topological polar surface area (TPSA) is 69.6 Å². The van der Waals surface area contributed by atoms with Crippen LogP contribution < -0.4 is 5.73 Å². The van der Waals surface area contributed by atoms with Crippen LogP contribution in [-0.2, 0) is 13.5 Å². The lowest BCUT2D eigenvalue weighted by Crippen LogP contribution is -2.16. The highest BCUT2D eigenvalue weighted by atomic mass is 79.9. The van der Waals surface area contributed by atoms with Crippen molar-refractivity contribution >= 4 is 27.5 Å². The van der Waals surface area contributed by atoms with Gasteiger partial charge in [0.1, 0.15) is 0 Å². The van der Waals surface area contributed by atoms with Crippen LogP contribution in [0.2, 0.25) is 0 Å². The van der Waals surface area contributed by atoms with Crippen molar-refractivity contribution in [3.63, 3.8) is 0 Å². The van der Waals surface area contributed by atoms with Crippen LogP contribution in [0.3, 0.4) is 0 Å². The summed E-state index contributed by atoms with van der Waals surface area (Å²) >= 11 is 4.84. The van der Waals surface area contributed by atoms with Crippen LogP contribution in [0.25, 0.3) is 0 Å². The third-order valence-corrected chi connectivity index (χ3v) is 3.99. The molecule has 0 spiro atoms. The summed E-state index contributed by atoms with van der Waals surface area (Å²) in [4.78, 5) is 0. The molecule has 2 heterocycles. The van der Waals surface area contributed by atoms with E-state index in [2.05, 4.69) is 30.6 Å². The fourth-order valence-corrected chi connectivity index (χ4v) is 2.56. The van der Waals surface area contributed by atoms with Crippen molar-refractivity contribution < 1.29 is 0 Å². The van der Waals surface area contributed by atoms with Crippen molar-refractivity contribution in [2.24, 2.45) is 12.8 Å². The van der Waals surface area contributed by atoms with Gasteiger partial charge in [0, 0.05) is 18.8 Å². The molecule has 5 nitrogen and oxygen atoms in total. The van der Waals surface area contributed by atoms with E-state index < -0.39 is 0 Å². The maximum absolute atomic E-state index is 6.06. The third kappa shape index (κ3) is 2.16. The van der Waals surface area contributed by atoms with Gasteiger partial charge in [-0.2, -0.15) is 5.10 Å². The van der Waals surface area contributed by atoms with E-state index in [9.17, 15) is 0 Å². The van der Waals surface area contributed by atoms with E-state index >= 15 is 0 Å². The number of hydrogen-bond acceptors (Lipinski definition) is 5. The number of aryl methyl sites for hydroxylation is 2. The summed E-state index contributed by atoms with van der Waals surface area (Å²) in [6.07, 6.45) is 0.698. The van der Waals surface area contributed by atoms with Crippen molar-refractivity contribution in [2.45, 2.75) is 19.4 Å². The summed E-state index contributed by atoms with van der Waals surface area (Å²) < 4.78 is 6.68. The Morgan fingerprint density at radius 2 is 2.38 bits per heavy atom. The molecule has 2 rings (SSSR count). The largest absolute Gasteiger partial charge is 0.322 e. The van der Waals surface area contributed by atoms with Gasteiger partial charge in [0.15, 0.2) is 0 Å². The van der Waals surface area contributed by atoms with E-state index in [0.717, 1.165) is 21.6 Å². The first-order chi connectivity index (χ1) is 7.59. The number of nitrogens with zero attached hydrogens (tertiary/aromatic N) is 4. The van der Waals surface area contributed by atoms with Crippen molar-refractivity contribution in [3.05, 3.63) is 26.9 Å². The minimum atomic E-state index is -0.134. The first-order valence-electron chi connectivity index (χ1n) is 4.80. The van der Waals surface area contributed by atoms with E-state index in [1.54, 1.807) is 0 Å². The van der Waals surface area contributed by atoms with Crippen molar-refractivity contribution in [2.75, 3.05) is 0 Å². The lowest BCUT2D eigenvalue weighted by Gasteiger charge is -2.08. The first-order valence-corrected chi connectivity index (χ1v) is 6.43. The average molecular weight is 302 g/mol. The van der Waals surface area contributed by atoms with Crippen LogP contribution in [0.15, 0.2) is 9.85 Å². The Balaban J connectivity index is 2.21. The van der Waals surface area contributed by atoms with Crippen LogP contribution in [0.4, 0.5) is 0 Å². The lowest BCUT2D eigenvalue weighted by atomic mass is 10.1. The number of hydrogen-bond donors (Lipinski definition) is 1. The monoisotopic (exact) mass is 301 g/mol. The number of halogens is 1. The fraction of sp³-hybridized carbons (Fsp3) is 0.444. The molecule has 0 aliphatic carbocycles. The summed E-state index contributed by atoms with van der Waals surface area (Å²) in [6, 6.07) is -0.134. The van der Waals surface area contributed by atoms with Gasteiger partial charge in [-0.25, -0.2) is 0 Å². The van der Waals surface area contributed by atoms with Gasteiger partial charge < -0.3 is 5.73 Å². The maximum Gasteiger partial charge on any atom is 0.0926 e. The normalized spacial score (nSPS) is 13.0. The summed E-state index contributed by atoms with van der Waals surface area (Å²) in [5.74, 6) is 0. The van der Waals surface area contributed by atoms with Crippen molar-refractivity contribution in [1.29, 1.82) is 0 Å². The molecule has 7 heteroatoms. The molecular formula is C9H12BrN5S. The predicted molar refractivity (Wildman–Crippen MR) is 66.2 cm³/mol. The van der Waals surface area contributed by atoms with E-state index in [4.69, 9.17) is 5.73 Å². The summed E-state index contributed by atoms with van der Waals surface area (Å²) in [6.45, 7) is 1.96. The Labute approximate surface area is 106 Å². The minimum absolute atomic E-state index is 0.134. The van der Waals surface area contributed by atoms with Crippen LogP contribution >= 0.6 is 27.5 Å². The quantitative estimate of drug-likeness (QED) is 0.934. The third-order valence-electron chi connectivity index (χ3n) is 2.43. The van der Waals surface area contributed by atoms with Crippen LogP contribution in [0.1, 0.15) is 23.1 Å².